The van der Waals surface area contributed by atoms with Gasteiger partial charge in [-0.3, -0.25) is 9.52 Å². The minimum absolute atomic E-state index is 0.0373. The Morgan fingerprint density at radius 3 is 2.60 bits per heavy atom. The zero-order chi connectivity index (χ0) is 30.6. The number of amides is 3. The molecule has 2 heterocycles. The quantitative estimate of drug-likeness (QED) is 0.415. The Morgan fingerprint density at radius 2 is 1.95 bits per heavy atom. The molecule has 0 spiro atoms. The van der Waals surface area contributed by atoms with E-state index in [1.54, 1.807) is 48.9 Å². The molecule has 1 aliphatic carbocycles. The number of aliphatic hydroxyl groups is 1. The van der Waals surface area contributed by atoms with Gasteiger partial charge in [0.25, 0.3) is 10.0 Å². The Morgan fingerprint density at radius 1 is 1.24 bits per heavy atom. The Labute approximate surface area is 247 Å². The molecule has 4 rings (SSSR count). The van der Waals surface area contributed by atoms with Crippen molar-refractivity contribution in [1.29, 1.82) is 0 Å². The second kappa shape index (κ2) is 13.3. The van der Waals surface area contributed by atoms with Crippen LogP contribution in [0.1, 0.15) is 63.0 Å². The van der Waals surface area contributed by atoms with Crippen molar-refractivity contribution in [2.75, 3.05) is 31.5 Å². The highest BCUT2D eigenvalue weighted by molar-refractivity contribution is 7.92. The Bertz CT molecular complexity index is 1350. The maximum absolute atomic E-state index is 13.5. The number of ether oxygens (including phenoxy) is 1. The van der Waals surface area contributed by atoms with E-state index in [0.29, 0.717) is 17.9 Å². The van der Waals surface area contributed by atoms with Crippen LogP contribution < -0.4 is 14.8 Å². The van der Waals surface area contributed by atoms with Gasteiger partial charge in [-0.15, -0.1) is 0 Å². The van der Waals surface area contributed by atoms with Gasteiger partial charge in [0.05, 0.1) is 25.6 Å². The van der Waals surface area contributed by atoms with Gasteiger partial charge in [-0.05, 0) is 51.8 Å². The highest BCUT2D eigenvalue weighted by atomic mass is 32.2. The molecule has 3 atom stereocenters. The molecule has 13 heteroatoms. The highest BCUT2D eigenvalue weighted by Crippen LogP contribution is 2.31. The maximum Gasteiger partial charge on any atom is 0.317 e. The number of carbonyl (C=O) groups is 2. The number of carbonyl (C=O) groups excluding carboxylic acids is 2. The van der Waals surface area contributed by atoms with E-state index in [9.17, 15) is 23.1 Å². The van der Waals surface area contributed by atoms with Crippen molar-refractivity contribution in [3.05, 3.63) is 35.2 Å². The summed E-state index contributed by atoms with van der Waals surface area (Å²) in [5.74, 6) is 0.197. The van der Waals surface area contributed by atoms with Gasteiger partial charge in [-0.25, -0.2) is 13.2 Å². The predicted octanol–water partition coefficient (Wildman–Crippen LogP) is 3.22. The standard InChI is InChI=1S/C29H43N5O7S/c1-18-15-34(19(2)17-35)27(36)14-22-13-24(32-42(38,39)28-20(3)31-41-21(28)4)11-12-25(22)40-26(18)16-33(5)29(37)30-23-9-7-6-8-10-23/h11-13,18-19,23,26,32,35H,6-10,14-17H2,1-5H3,(H,30,37)/t18-,19-,26-/m0/s1. The molecule has 3 amide bonds. The van der Waals surface area contributed by atoms with Gasteiger partial charge in [0.15, 0.2) is 10.7 Å². The topological polar surface area (TPSA) is 154 Å². The van der Waals surface area contributed by atoms with Gasteiger partial charge in [-0.1, -0.05) is 31.3 Å². The molecule has 42 heavy (non-hydrogen) atoms. The Hall–Kier alpha value is -3.32. The number of aliphatic hydroxyl groups excluding tert-OH is 1. The molecule has 12 nitrogen and oxygen atoms in total. The average molecular weight is 606 g/mol. The largest absolute Gasteiger partial charge is 0.488 e. The van der Waals surface area contributed by atoms with Crippen molar-refractivity contribution in [2.24, 2.45) is 5.92 Å². The summed E-state index contributed by atoms with van der Waals surface area (Å²) >= 11 is 0. The summed E-state index contributed by atoms with van der Waals surface area (Å²) in [4.78, 5) is 29.7. The Kier molecular flexibility index (Phi) is 10.0. The number of likely N-dealkylation sites (N-methyl/N-ethyl adjacent to an activating group) is 1. The minimum atomic E-state index is -4.01. The second-order valence-electron chi connectivity index (χ2n) is 11.6. The fraction of sp³-hybridized carbons (Fsp3) is 0.621. The van der Waals surface area contributed by atoms with Crippen LogP contribution in [0.5, 0.6) is 5.75 Å². The number of sulfonamides is 1. The SMILES string of the molecule is Cc1noc(C)c1S(=O)(=O)Nc1ccc2c(c1)CC(=O)N([C@@H](C)CO)C[C@H](C)[C@H](CN(C)C(=O)NC1CCCCC1)O2. The van der Waals surface area contributed by atoms with E-state index in [-0.39, 0.29) is 65.5 Å². The zero-order valence-electron chi connectivity index (χ0n) is 25.1. The van der Waals surface area contributed by atoms with E-state index >= 15 is 0 Å². The highest BCUT2D eigenvalue weighted by Gasteiger charge is 2.33. The lowest BCUT2D eigenvalue weighted by Crippen LogP contribution is -2.50. The third-order valence-corrected chi connectivity index (χ3v) is 9.76. The molecular formula is C29H43N5O7S. The van der Waals surface area contributed by atoms with Crippen LogP contribution in [0.3, 0.4) is 0 Å². The number of aryl methyl sites for hydroxylation is 2. The van der Waals surface area contributed by atoms with E-state index in [4.69, 9.17) is 9.26 Å². The van der Waals surface area contributed by atoms with E-state index in [1.807, 2.05) is 6.92 Å². The summed E-state index contributed by atoms with van der Waals surface area (Å²) in [6, 6.07) is 4.36. The molecule has 1 fully saturated rings. The van der Waals surface area contributed by atoms with Crippen molar-refractivity contribution in [3.63, 3.8) is 0 Å². The van der Waals surface area contributed by atoms with Crippen LogP contribution in [0, 0.1) is 19.8 Å². The van der Waals surface area contributed by atoms with E-state index in [2.05, 4.69) is 15.2 Å². The molecule has 0 radical (unpaired) electrons. The molecule has 1 saturated carbocycles. The molecule has 1 aliphatic heterocycles. The zero-order valence-corrected chi connectivity index (χ0v) is 25.9. The second-order valence-corrected chi connectivity index (χ2v) is 13.3. The molecule has 1 aromatic heterocycles. The molecular weight excluding hydrogens is 562 g/mol. The van der Waals surface area contributed by atoms with Crippen LogP contribution in [0.25, 0.3) is 0 Å². The lowest BCUT2D eigenvalue weighted by Gasteiger charge is -2.34. The van der Waals surface area contributed by atoms with E-state index < -0.39 is 22.2 Å². The normalized spacial score (nSPS) is 20.9. The summed E-state index contributed by atoms with van der Waals surface area (Å²) in [7, 11) is -2.28. The van der Waals surface area contributed by atoms with Crippen LogP contribution in [0.4, 0.5) is 10.5 Å². The number of rotatable bonds is 8. The van der Waals surface area contributed by atoms with Crippen molar-refractivity contribution in [1.82, 2.24) is 20.3 Å². The molecule has 1 aromatic carbocycles. The molecule has 0 saturated heterocycles. The van der Waals surface area contributed by atoms with Gasteiger partial charge >= 0.3 is 6.03 Å². The number of fused-ring (bicyclic) bond motifs is 1. The summed E-state index contributed by atoms with van der Waals surface area (Å²) in [5, 5.41) is 16.8. The van der Waals surface area contributed by atoms with Crippen LogP contribution in [-0.2, 0) is 21.2 Å². The monoisotopic (exact) mass is 605 g/mol. The van der Waals surface area contributed by atoms with Crippen molar-refractivity contribution >= 4 is 27.6 Å². The van der Waals surface area contributed by atoms with Gasteiger partial charge in [0.2, 0.25) is 5.91 Å². The average Bonchev–Trinajstić information content (AvgIpc) is 3.31. The van der Waals surface area contributed by atoms with Crippen LogP contribution in [-0.4, -0.2) is 85.4 Å². The predicted molar refractivity (Wildman–Crippen MR) is 157 cm³/mol. The van der Waals surface area contributed by atoms with Gasteiger partial charge in [-0.2, -0.15) is 0 Å². The number of nitrogens with one attached hydrogen (secondary N) is 2. The summed E-state index contributed by atoms with van der Waals surface area (Å²) in [5.41, 5.74) is 0.977. The summed E-state index contributed by atoms with van der Waals surface area (Å²) in [6.07, 6.45) is 4.82. The van der Waals surface area contributed by atoms with Crippen molar-refractivity contribution < 1.29 is 32.4 Å². The first-order valence-corrected chi connectivity index (χ1v) is 16.0. The van der Waals surface area contributed by atoms with Crippen LogP contribution >= 0.6 is 0 Å². The molecule has 232 valence electrons. The fourth-order valence-electron chi connectivity index (χ4n) is 5.66. The van der Waals surface area contributed by atoms with Crippen LogP contribution in [0.2, 0.25) is 0 Å². The smallest absolute Gasteiger partial charge is 0.317 e. The molecule has 2 aromatic rings. The number of anilines is 1. The number of hydrogen-bond donors (Lipinski definition) is 3. The molecule has 3 N–H and O–H groups in total. The van der Waals surface area contributed by atoms with Crippen molar-refractivity contribution in [2.45, 2.75) is 89.3 Å². The lowest BCUT2D eigenvalue weighted by molar-refractivity contribution is -0.134. The molecule has 2 aliphatic rings. The van der Waals surface area contributed by atoms with Gasteiger partial charge in [0, 0.05) is 36.8 Å². The first-order valence-electron chi connectivity index (χ1n) is 14.6. The number of urea groups is 1. The Balaban J connectivity index is 1.61. The number of hydrogen-bond acceptors (Lipinski definition) is 8. The third-order valence-electron chi connectivity index (χ3n) is 8.14. The molecule has 0 bridgehead atoms. The maximum atomic E-state index is 13.5. The summed E-state index contributed by atoms with van der Waals surface area (Å²) < 4.78 is 40.3. The third kappa shape index (κ3) is 7.35. The number of nitrogens with zero attached hydrogens (tertiary/aromatic N) is 3. The van der Waals surface area contributed by atoms with E-state index in [1.165, 1.54) is 13.3 Å². The van der Waals surface area contributed by atoms with Crippen LogP contribution in [0.15, 0.2) is 27.6 Å². The van der Waals surface area contributed by atoms with Gasteiger partial charge < -0.3 is 29.5 Å². The van der Waals surface area contributed by atoms with Gasteiger partial charge in [0.1, 0.15) is 17.5 Å². The summed E-state index contributed by atoms with van der Waals surface area (Å²) in [6.45, 7) is 7.19. The van der Waals surface area contributed by atoms with E-state index in [0.717, 1.165) is 25.7 Å². The number of benzene rings is 1. The van der Waals surface area contributed by atoms with Crippen molar-refractivity contribution in [3.8, 4) is 5.75 Å². The fourth-order valence-corrected chi connectivity index (χ4v) is 7.04. The first kappa shape index (κ1) is 31.6. The first-order chi connectivity index (χ1) is 19.9. The minimum Gasteiger partial charge on any atom is -0.488 e. The number of aromatic nitrogens is 1. The molecule has 0 unspecified atom stereocenters. The lowest BCUT2D eigenvalue weighted by atomic mass is 9.96.